The van der Waals surface area contributed by atoms with Crippen molar-refractivity contribution in [2.24, 2.45) is 17.3 Å². The highest BCUT2D eigenvalue weighted by molar-refractivity contribution is 5.68. The normalized spacial score (nSPS) is 25.6. The lowest BCUT2D eigenvalue weighted by molar-refractivity contribution is 0.0122. The number of rotatable bonds is 6. The van der Waals surface area contributed by atoms with Crippen molar-refractivity contribution in [3.8, 4) is 22.7 Å². The van der Waals surface area contributed by atoms with E-state index in [4.69, 9.17) is 0 Å². The van der Waals surface area contributed by atoms with Gasteiger partial charge in [0, 0.05) is 29.9 Å². The largest absolute Gasteiger partial charge is 0.507 e. The third-order valence-electron chi connectivity index (χ3n) is 6.67. The summed E-state index contributed by atoms with van der Waals surface area (Å²) in [5.41, 5.74) is 2.00. The number of halogens is 1. The maximum absolute atomic E-state index is 15.6. The molecule has 0 amide bonds. The van der Waals surface area contributed by atoms with Crippen molar-refractivity contribution < 1.29 is 9.50 Å². The van der Waals surface area contributed by atoms with E-state index in [2.05, 4.69) is 47.5 Å². The van der Waals surface area contributed by atoms with Gasteiger partial charge >= 0.3 is 0 Å². The summed E-state index contributed by atoms with van der Waals surface area (Å²) in [7, 11) is 0. The van der Waals surface area contributed by atoms with E-state index < -0.39 is 6.17 Å². The summed E-state index contributed by atoms with van der Waals surface area (Å²) in [6.07, 6.45) is 9.15. The van der Waals surface area contributed by atoms with Gasteiger partial charge in [-0.2, -0.15) is 0 Å². The summed E-state index contributed by atoms with van der Waals surface area (Å²) >= 11 is 0. The van der Waals surface area contributed by atoms with E-state index in [9.17, 15) is 5.11 Å². The standard InChI is InChI=1S/C25H30FN5O/c1-5-8-25(4)13-16(2)11-20(23(25)26)17(3)24-28-14-21(29-30-24)19-7-6-18(12-22(19)32)31-10-9-27-15-31/h6-7,9-10,12,14-16,20,23,32H,3,5,8,11,13H2,1-2,4H3/t16-,20-,23-,25-/m0/s1. The van der Waals surface area contributed by atoms with Crippen molar-refractivity contribution in [1.29, 1.82) is 0 Å². The molecule has 4 rings (SSSR count). The summed E-state index contributed by atoms with van der Waals surface area (Å²) in [5.74, 6) is 0.535. The highest BCUT2D eigenvalue weighted by Crippen LogP contribution is 2.50. The number of allylic oxidation sites excluding steroid dienone is 1. The molecule has 1 fully saturated rings. The van der Waals surface area contributed by atoms with Crippen LogP contribution in [-0.2, 0) is 0 Å². The molecule has 1 N–H and O–H groups in total. The molecule has 1 saturated carbocycles. The number of aromatic hydroxyl groups is 1. The average Bonchev–Trinajstić information content (AvgIpc) is 3.31. The first-order valence-electron chi connectivity index (χ1n) is 11.2. The van der Waals surface area contributed by atoms with Gasteiger partial charge < -0.3 is 9.67 Å². The second-order valence-corrected chi connectivity index (χ2v) is 9.32. The Morgan fingerprint density at radius 1 is 1.34 bits per heavy atom. The first kappa shape index (κ1) is 22.1. The second kappa shape index (κ2) is 8.81. The van der Waals surface area contributed by atoms with Crippen molar-refractivity contribution in [2.45, 2.75) is 52.6 Å². The van der Waals surface area contributed by atoms with Gasteiger partial charge in [-0.05, 0) is 48.3 Å². The predicted octanol–water partition coefficient (Wildman–Crippen LogP) is 5.63. The molecule has 0 aliphatic heterocycles. The number of hydrogen-bond acceptors (Lipinski definition) is 5. The third kappa shape index (κ3) is 4.16. The molecule has 2 aromatic heterocycles. The van der Waals surface area contributed by atoms with Crippen LogP contribution in [0.4, 0.5) is 4.39 Å². The van der Waals surface area contributed by atoms with Crippen molar-refractivity contribution >= 4 is 5.57 Å². The molecule has 0 unspecified atom stereocenters. The molecule has 0 radical (unpaired) electrons. The van der Waals surface area contributed by atoms with Gasteiger partial charge in [0.25, 0.3) is 0 Å². The maximum atomic E-state index is 15.6. The number of imidazole rings is 1. The van der Waals surface area contributed by atoms with Crippen molar-refractivity contribution in [3.05, 3.63) is 55.5 Å². The molecule has 0 bridgehead atoms. The zero-order chi connectivity index (χ0) is 22.9. The summed E-state index contributed by atoms with van der Waals surface area (Å²) in [5, 5.41) is 19.0. The Labute approximate surface area is 188 Å². The molecule has 32 heavy (non-hydrogen) atoms. The van der Waals surface area contributed by atoms with Crippen LogP contribution in [-0.4, -0.2) is 36.0 Å². The lowest BCUT2D eigenvalue weighted by Crippen LogP contribution is -2.42. The fourth-order valence-electron chi connectivity index (χ4n) is 5.18. The van der Waals surface area contributed by atoms with Crippen LogP contribution in [0.15, 0.2) is 49.7 Å². The quantitative estimate of drug-likeness (QED) is 0.543. The maximum Gasteiger partial charge on any atom is 0.177 e. The minimum Gasteiger partial charge on any atom is -0.507 e. The van der Waals surface area contributed by atoms with E-state index in [1.807, 2.05) is 6.07 Å². The molecular weight excluding hydrogens is 405 g/mol. The molecule has 2 heterocycles. The van der Waals surface area contributed by atoms with Crippen molar-refractivity contribution in [3.63, 3.8) is 0 Å². The number of hydrogen-bond donors (Lipinski definition) is 1. The second-order valence-electron chi connectivity index (χ2n) is 9.32. The third-order valence-corrected chi connectivity index (χ3v) is 6.67. The van der Waals surface area contributed by atoms with E-state index in [0.717, 1.165) is 31.4 Å². The summed E-state index contributed by atoms with van der Waals surface area (Å²) in [6.45, 7) is 10.5. The lowest BCUT2D eigenvalue weighted by atomic mass is 9.62. The van der Waals surface area contributed by atoms with Crippen LogP contribution in [0.3, 0.4) is 0 Å². The Hall–Kier alpha value is -3.09. The topological polar surface area (TPSA) is 76.7 Å². The molecule has 1 aliphatic rings. The zero-order valence-electron chi connectivity index (χ0n) is 18.9. The average molecular weight is 436 g/mol. The molecule has 3 aromatic rings. The van der Waals surface area contributed by atoms with Crippen LogP contribution in [0.5, 0.6) is 5.75 Å². The Morgan fingerprint density at radius 2 is 2.16 bits per heavy atom. The molecule has 4 atom stereocenters. The Balaban J connectivity index is 1.55. The molecule has 6 nitrogen and oxygen atoms in total. The van der Waals surface area contributed by atoms with Crippen molar-refractivity contribution in [2.75, 3.05) is 0 Å². The molecule has 1 aromatic carbocycles. The lowest BCUT2D eigenvalue weighted by Gasteiger charge is -2.45. The van der Waals surface area contributed by atoms with E-state index in [0.29, 0.717) is 28.6 Å². The monoisotopic (exact) mass is 435 g/mol. The van der Waals surface area contributed by atoms with Crippen LogP contribution in [0.1, 0.15) is 52.3 Å². The Morgan fingerprint density at radius 3 is 2.78 bits per heavy atom. The van der Waals surface area contributed by atoms with E-state index >= 15 is 4.39 Å². The van der Waals surface area contributed by atoms with Gasteiger partial charge in [0.1, 0.15) is 17.6 Å². The van der Waals surface area contributed by atoms with Gasteiger partial charge in [-0.25, -0.2) is 14.4 Å². The van der Waals surface area contributed by atoms with Crippen molar-refractivity contribution in [1.82, 2.24) is 24.7 Å². The smallest absolute Gasteiger partial charge is 0.177 e. The highest BCUT2D eigenvalue weighted by atomic mass is 19.1. The Kier molecular flexibility index (Phi) is 6.09. The van der Waals surface area contributed by atoms with Gasteiger partial charge in [0.2, 0.25) is 0 Å². The van der Waals surface area contributed by atoms with E-state index in [1.165, 1.54) is 0 Å². The SMILES string of the molecule is C=C(c1ncc(-c2ccc(-n3ccnc3)cc2O)nn1)[C@@H]1C[C@H](C)C[C@](C)(CCC)[C@H]1F. The molecule has 7 heteroatoms. The van der Waals surface area contributed by atoms with Gasteiger partial charge in [0.05, 0.1) is 18.2 Å². The number of nitrogens with zero attached hydrogens (tertiary/aromatic N) is 5. The van der Waals surface area contributed by atoms with Gasteiger partial charge in [-0.3, -0.25) is 0 Å². The van der Waals surface area contributed by atoms with Crippen LogP contribution >= 0.6 is 0 Å². The number of aromatic nitrogens is 5. The number of benzene rings is 1. The first-order chi connectivity index (χ1) is 15.3. The molecule has 1 aliphatic carbocycles. The minimum atomic E-state index is -0.978. The van der Waals surface area contributed by atoms with Crippen LogP contribution in [0.2, 0.25) is 0 Å². The van der Waals surface area contributed by atoms with Gasteiger partial charge in [-0.15, -0.1) is 10.2 Å². The minimum absolute atomic E-state index is 0.0686. The molecule has 168 valence electrons. The van der Waals surface area contributed by atoms with E-state index in [-0.39, 0.29) is 17.1 Å². The zero-order valence-corrected chi connectivity index (χ0v) is 18.9. The van der Waals surface area contributed by atoms with Gasteiger partial charge in [-0.1, -0.05) is 33.8 Å². The van der Waals surface area contributed by atoms with Crippen LogP contribution < -0.4 is 0 Å². The summed E-state index contributed by atoms with van der Waals surface area (Å²) in [6, 6.07) is 5.26. The predicted molar refractivity (Wildman–Crippen MR) is 123 cm³/mol. The Bertz CT molecular complexity index is 1080. The van der Waals surface area contributed by atoms with Gasteiger partial charge in [0.15, 0.2) is 5.82 Å². The number of alkyl halides is 1. The molecule has 0 saturated heterocycles. The number of phenols is 1. The number of phenolic OH excluding ortho intramolecular Hbond substituents is 1. The fourth-order valence-corrected chi connectivity index (χ4v) is 5.18. The van der Waals surface area contributed by atoms with E-state index in [1.54, 1.807) is 41.6 Å². The fraction of sp³-hybridized carbons (Fsp3) is 0.440. The van der Waals surface area contributed by atoms with Crippen LogP contribution in [0.25, 0.3) is 22.5 Å². The highest BCUT2D eigenvalue weighted by Gasteiger charge is 2.46. The summed E-state index contributed by atoms with van der Waals surface area (Å²) < 4.78 is 17.4. The summed E-state index contributed by atoms with van der Waals surface area (Å²) in [4.78, 5) is 8.45. The first-order valence-corrected chi connectivity index (χ1v) is 11.2. The molecule has 0 spiro atoms. The molecular formula is C25H30FN5O. The van der Waals surface area contributed by atoms with Crippen LogP contribution in [0, 0.1) is 17.3 Å².